The highest BCUT2D eigenvalue weighted by atomic mass is 19.4. The SMILES string of the molecule is COc1ccc(C(=O)N2N=C3[C@H](C)CCC[C@@H]3[C@@]2(O)C(F)(F)F)cc1. The summed E-state index contributed by atoms with van der Waals surface area (Å²) in [7, 11) is 1.44. The van der Waals surface area contributed by atoms with Gasteiger partial charge in [0.1, 0.15) is 5.75 Å². The quantitative estimate of drug-likeness (QED) is 0.885. The zero-order chi connectivity index (χ0) is 18.4. The van der Waals surface area contributed by atoms with Crippen molar-refractivity contribution in [1.29, 1.82) is 0 Å². The first kappa shape index (κ1) is 17.7. The lowest BCUT2D eigenvalue weighted by Crippen LogP contribution is -2.61. The molecule has 1 heterocycles. The van der Waals surface area contributed by atoms with E-state index < -0.39 is 23.7 Å². The van der Waals surface area contributed by atoms with Crippen LogP contribution in [0.2, 0.25) is 0 Å². The number of carbonyl (C=O) groups is 1. The average Bonchev–Trinajstić information content (AvgIpc) is 2.90. The van der Waals surface area contributed by atoms with Gasteiger partial charge in [-0.25, -0.2) is 0 Å². The van der Waals surface area contributed by atoms with Crippen LogP contribution in [0.3, 0.4) is 0 Å². The zero-order valence-corrected chi connectivity index (χ0v) is 13.9. The number of amides is 1. The second-order valence-corrected chi connectivity index (χ2v) is 6.48. The molecule has 1 aliphatic heterocycles. The largest absolute Gasteiger partial charge is 0.497 e. The van der Waals surface area contributed by atoms with E-state index in [9.17, 15) is 23.1 Å². The van der Waals surface area contributed by atoms with Crippen LogP contribution in [0.1, 0.15) is 36.5 Å². The molecule has 0 unspecified atom stereocenters. The lowest BCUT2D eigenvalue weighted by atomic mass is 9.75. The van der Waals surface area contributed by atoms with Crippen molar-refractivity contribution in [3.63, 3.8) is 0 Å². The predicted octanol–water partition coefficient (Wildman–Crippen LogP) is 3.19. The average molecular weight is 356 g/mol. The van der Waals surface area contributed by atoms with Crippen LogP contribution in [0.4, 0.5) is 13.2 Å². The zero-order valence-electron chi connectivity index (χ0n) is 13.9. The van der Waals surface area contributed by atoms with Crippen molar-refractivity contribution in [2.24, 2.45) is 16.9 Å². The summed E-state index contributed by atoms with van der Waals surface area (Å²) in [6, 6.07) is 5.64. The number of alkyl halides is 3. The third-order valence-electron chi connectivity index (χ3n) is 4.96. The van der Waals surface area contributed by atoms with Crippen molar-refractivity contribution in [3.8, 4) is 5.75 Å². The van der Waals surface area contributed by atoms with Gasteiger partial charge in [-0.05, 0) is 43.0 Å². The molecule has 3 atom stereocenters. The second-order valence-electron chi connectivity index (χ2n) is 6.48. The molecule has 0 saturated heterocycles. The van der Waals surface area contributed by atoms with Crippen molar-refractivity contribution < 1.29 is 27.8 Å². The first-order chi connectivity index (χ1) is 11.7. The van der Waals surface area contributed by atoms with Crippen LogP contribution in [0.5, 0.6) is 5.75 Å². The number of hydrogen-bond donors (Lipinski definition) is 1. The van der Waals surface area contributed by atoms with Crippen LogP contribution in [0.15, 0.2) is 29.4 Å². The Morgan fingerprint density at radius 1 is 1.32 bits per heavy atom. The number of hydrogen-bond acceptors (Lipinski definition) is 4. The van der Waals surface area contributed by atoms with Crippen molar-refractivity contribution in [3.05, 3.63) is 29.8 Å². The smallest absolute Gasteiger partial charge is 0.439 e. The second kappa shape index (κ2) is 6.01. The fourth-order valence-electron chi connectivity index (χ4n) is 3.56. The summed E-state index contributed by atoms with van der Waals surface area (Å²) in [6.45, 7) is 1.77. The van der Waals surface area contributed by atoms with Crippen molar-refractivity contribution in [1.82, 2.24) is 5.01 Å². The molecular formula is C17H19F3N2O3. The summed E-state index contributed by atoms with van der Waals surface area (Å²) in [5.74, 6) is -1.95. The van der Waals surface area contributed by atoms with Crippen LogP contribution < -0.4 is 4.74 Å². The molecule has 1 amide bonds. The van der Waals surface area contributed by atoms with Gasteiger partial charge in [-0.2, -0.15) is 23.3 Å². The van der Waals surface area contributed by atoms with Crippen LogP contribution >= 0.6 is 0 Å². The summed E-state index contributed by atoms with van der Waals surface area (Å²) in [5.41, 5.74) is -3.07. The number of ether oxygens (including phenoxy) is 1. The summed E-state index contributed by atoms with van der Waals surface area (Å²) < 4.78 is 46.2. The fourth-order valence-corrected chi connectivity index (χ4v) is 3.56. The predicted molar refractivity (Wildman–Crippen MR) is 84.1 cm³/mol. The van der Waals surface area contributed by atoms with E-state index >= 15 is 0 Å². The lowest BCUT2D eigenvalue weighted by Gasteiger charge is -2.39. The maximum absolute atomic E-state index is 13.8. The molecule has 8 heteroatoms. The topological polar surface area (TPSA) is 62.1 Å². The molecule has 136 valence electrons. The molecule has 0 radical (unpaired) electrons. The van der Waals surface area contributed by atoms with E-state index in [0.717, 1.165) is 0 Å². The first-order valence-electron chi connectivity index (χ1n) is 8.06. The maximum Gasteiger partial charge on any atom is 0.439 e. The molecule has 1 aromatic carbocycles. The number of aliphatic hydroxyl groups is 1. The Labute approximate surface area is 143 Å². The Bertz CT molecular complexity index is 702. The molecule has 25 heavy (non-hydrogen) atoms. The van der Waals surface area contributed by atoms with E-state index in [-0.39, 0.29) is 28.6 Å². The van der Waals surface area contributed by atoms with Gasteiger partial charge in [-0.15, -0.1) is 0 Å². The summed E-state index contributed by atoms with van der Waals surface area (Å²) >= 11 is 0. The van der Waals surface area contributed by atoms with E-state index in [4.69, 9.17) is 4.74 Å². The van der Waals surface area contributed by atoms with Gasteiger partial charge in [0.25, 0.3) is 11.6 Å². The molecule has 0 spiro atoms. The number of methoxy groups -OCH3 is 1. The summed E-state index contributed by atoms with van der Waals surface area (Å²) in [4.78, 5) is 12.7. The fraction of sp³-hybridized carbons (Fsp3) is 0.529. The van der Waals surface area contributed by atoms with Gasteiger partial charge < -0.3 is 9.84 Å². The number of benzene rings is 1. The molecule has 1 aromatic rings. The van der Waals surface area contributed by atoms with Gasteiger partial charge in [0.15, 0.2) is 0 Å². The van der Waals surface area contributed by atoms with E-state index in [1.54, 1.807) is 6.92 Å². The first-order valence-corrected chi connectivity index (χ1v) is 8.06. The maximum atomic E-state index is 13.8. The Morgan fingerprint density at radius 2 is 1.96 bits per heavy atom. The lowest BCUT2D eigenvalue weighted by molar-refractivity contribution is -0.312. The van der Waals surface area contributed by atoms with Crippen LogP contribution in [0, 0.1) is 11.8 Å². The third kappa shape index (κ3) is 2.68. The van der Waals surface area contributed by atoms with Crippen molar-refractivity contribution in [2.45, 2.75) is 38.1 Å². The summed E-state index contributed by atoms with van der Waals surface area (Å²) in [5, 5.41) is 14.7. The molecular weight excluding hydrogens is 337 g/mol. The Balaban J connectivity index is 2.03. The number of hydrazone groups is 1. The molecule has 2 aliphatic rings. The molecule has 5 nitrogen and oxygen atoms in total. The van der Waals surface area contributed by atoms with Crippen molar-refractivity contribution in [2.75, 3.05) is 7.11 Å². The van der Waals surface area contributed by atoms with Crippen LogP contribution in [-0.4, -0.2) is 40.7 Å². The van der Waals surface area contributed by atoms with Crippen LogP contribution in [0.25, 0.3) is 0 Å². The summed E-state index contributed by atoms with van der Waals surface area (Å²) in [6.07, 6.45) is -3.63. The Hall–Kier alpha value is -2.09. The molecule has 1 fully saturated rings. The number of rotatable bonds is 2. The van der Waals surface area contributed by atoms with Gasteiger partial charge >= 0.3 is 6.18 Å². The highest BCUT2D eigenvalue weighted by Crippen LogP contribution is 2.49. The molecule has 3 rings (SSSR count). The molecule has 1 saturated carbocycles. The van der Waals surface area contributed by atoms with Crippen molar-refractivity contribution >= 4 is 11.6 Å². The molecule has 0 aromatic heterocycles. The number of halogens is 3. The van der Waals surface area contributed by atoms with Gasteiger partial charge in [0.05, 0.1) is 13.0 Å². The number of carbonyl (C=O) groups excluding carboxylic acids is 1. The minimum absolute atomic E-state index is 0.000810. The normalized spacial score (nSPS) is 29.2. The standard InChI is InChI=1S/C17H19F3N2O3/c1-10-4-3-5-13-14(10)21-22(16(13,24)17(18,19)20)15(23)11-6-8-12(25-2)9-7-11/h6-10,13,24H,3-5H2,1-2H3/t10-,13+,16-/m1/s1. The minimum Gasteiger partial charge on any atom is -0.497 e. The highest BCUT2D eigenvalue weighted by molar-refractivity contribution is 6.00. The number of nitrogens with zero attached hydrogens (tertiary/aromatic N) is 2. The van der Waals surface area contributed by atoms with Gasteiger partial charge in [-0.3, -0.25) is 4.79 Å². The molecule has 0 bridgehead atoms. The minimum atomic E-state index is -5.01. The highest BCUT2D eigenvalue weighted by Gasteiger charge is 2.69. The molecule has 1 aliphatic carbocycles. The van der Waals surface area contributed by atoms with Gasteiger partial charge in [0, 0.05) is 11.3 Å². The van der Waals surface area contributed by atoms with E-state index in [0.29, 0.717) is 18.6 Å². The monoisotopic (exact) mass is 356 g/mol. The van der Waals surface area contributed by atoms with E-state index in [1.807, 2.05) is 0 Å². The van der Waals surface area contributed by atoms with Gasteiger partial charge in [0.2, 0.25) is 0 Å². The number of fused-ring (bicyclic) bond motifs is 1. The van der Waals surface area contributed by atoms with E-state index in [1.165, 1.54) is 31.4 Å². The van der Waals surface area contributed by atoms with Gasteiger partial charge in [-0.1, -0.05) is 13.3 Å². The Morgan fingerprint density at radius 3 is 2.52 bits per heavy atom. The van der Waals surface area contributed by atoms with E-state index in [2.05, 4.69) is 5.10 Å². The third-order valence-corrected chi connectivity index (χ3v) is 4.96. The Kier molecular flexibility index (Phi) is 4.26. The van der Waals surface area contributed by atoms with Crippen LogP contribution in [-0.2, 0) is 0 Å². The molecule has 1 N–H and O–H groups in total.